The minimum absolute atomic E-state index is 0.183. The van der Waals surface area contributed by atoms with Crippen LogP contribution in [-0.2, 0) is 0 Å². The van der Waals surface area contributed by atoms with Crippen molar-refractivity contribution < 1.29 is 4.74 Å². The molecule has 4 aromatic rings. The Morgan fingerprint density at radius 3 is 2.65 bits per heavy atom. The number of aromatic nitrogens is 3. The smallest absolute Gasteiger partial charge is 0.291 e. The molecular weight excluding hydrogens is 414 g/mol. The number of aryl methyl sites for hydroxylation is 1. The number of halogens is 1. The van der Waals surface area contributed by atoms with Gasteiger partial charge in [0, 0.05) is 15.6 Å². The number of benzene rings is 2. The van der Waals surface area contributed by atoms with Crippen molar-refractivity contribution in [3.05, 3.63) is 73.0 Å². The first-order valence-electron chi connectivity index (χ1n) is 7.87. The van der Waals surface area contributed by atoms with Crippen LogP contribution in [0.25, 0.3) is 22.4 Å². The second-order valence-electron chi connectivity index (χ2n) is 5.80. The monoisotopic (exact) mass is 427 g/mol. The van der Waals surface area contributed by atoms with Gasteiger partial charge in [0.1, 0.15) is 5.75 Å². The summed E-state index contributed by atoms with van der Waals surface area (Å²) in [6.07, 6.45) is 1.80. The summed E-state index contributed by atoms with van der Waals surface area (Å²) in [5, 5.41) is 4.38. The zero-order chi connectivity index (χ0) is 18.3. The number of rotatable bonds is 3. The molecule has 0 fully saturated rings. The van der Waals surface area contributed by atoms with Crippen LogP contribution in [0.2, 0.25) is 0 Å². The zero-order valence-electron chi connectivity index (χ0n) is 14.1. The van der Waals surface area contributed by atoms with Crippen LogP contribution in [0.3, 0.4) is 0 Å². The Hall–Kier alpha value is -2.51. The fourth-order valence-corrected chi connectivity index (χ4v) is 3.90. The third kappa shape index (κ3) is 3.04. The van der Waals surface area contributed by atoms with Crippen LogP contribution in [0, 0.1) is 6.92 Å². The molecule has 4 rings (SSSR count). The number of nitrogens with zero attached hydrogens (tertiary/aromatic N) is 3. The number of fused-ring (bicyclic) bond motifs is 1. The Morgan fingerprint density at radius 1 is 1.19 bits per heavy atom. The summed E-state index contributed by atoms with van der Waals surface area (Å²) in [6, 6.07) is 13.6. The van der Waals surface area contributed by atoms with E-state index in [1.165, 1.54) is 21.4 Å². The van der Waals surface area contributed by atoms with Gasteiger partial charge in [-0.3, -0.25) is 4.79 Å². The zero-order valence-corrected chi connectivity index (χ0v) is 16.5. The molecule has 0 unspecified atom stereocenters. The molecule has 0 N–H and O–H groups in total. The lowest BCUT2D eigenvalue weighted by Crippen LogP contribution is -2.23. The van der Waals surface area contributed by atoms with Crippen molar-refractivity contribution in [1.29, 1.82) is 0 Å². The second-order valence-corrected chi connectivity index (χ2v) is 7.72. The maximum atomic E-state index is 12.7. The number of methoxy groups -OCH3 is 1. The first kappa shape index (κ1) is 16.9. The Labute approximate surface area is 161 Å². The van der Waals surface area contributed by atoms with Crippen LogP contribution in [0.15, 0.2) is 51.7 Å². The summed E-state index contributed by atoms with van der Waals surface area (Å²) in [4.78, 5) is 17.8. The normalized spacial score (nSPS) is 12.0. The molecule has 0 amide bonds. The minimum atomic E-state index is -0.183. The van der Waals surface area contributed by atoms with Crippen molar-refractivity contribution in [3.8, 4) is 17.1 Å². The van der Waals surface area contributed by atoms with Crippen molar-refractivity contribution in [3.63, 3.8) is 0 Å². The van der Waals surface area contributed by atoms with Gasteiger partial charge in [-0.2, -0.15) is 9.50 Å². The molecule has 0 bridgehead atoms. The Balaban J connectivity index is 1.83. The van der Waals surface area contributed by atoms with E-state index in [0.29, 0.717) is 21.1 Å². The third-order valence-corrected chi connectivity index (χ3v) is 5.42. The average molecular weight is 428 g/mol. The predicted octanol–water partition coefficient (Wildman–Crippen LogP) is 3.45. The molecule has 0 aliphatic rings. The summed E-state index contributed by atoms with van der Waals surface area (Å²) in [7, 11) is 1.61. The van der Waals surface area contributed by atoms with Gasteiger partial charge in [-0.1, -0.05) is 57.1 Å². The lowest BCUT2D eigenvalue weighted by Gasteiger charge is -2.04. The van der Waals surface area contributed by atoms with Crippen LogP contribution in [0.5, 0.6) is 5.75 Å². The fraction of sp³-hybridized carbons (Fsp3) is 0.105. The van der Waals surface area contributed by atoms with Gasteiger partial charge >= 0.3 is 0 Å². The first-order valence-corrected chi connectivity index (χ1v) is 9.48. The molecular formula is C19H14BrN3O2S. The molecule has 0 aliphatic heterocycles. The van der Waals surface area contributed by atoms with E-state index in [4.69, 9.17) is 4.74 Å². The highest BCUT2D eigenvalue weighted by Crippen LogP contribution is 2.23. The number of ether oxygens (including phenoxy) is 1. The largest absolute Gasteiger partial charge is 0.496 e. The fourth-order valence-electron chi connectivity index (χ4n) is 2.62. The third-order valence-electron chi connectivity index (χ3n) is 3.97. The highest BCUT2D eigenvalue weighted by atomic mass is 79.9. The van der Waals surface area contributed by atoms with Crippen LogP contribution >= 0.6 is 27.3 Å². The quantitative estimate of drug-likeness (QED) is 0.502. The molecule has 5 nitrogen and oxygen atoms in total. The summed E-state index contributed by atoms with van der Waals surface area (Å²) < 4.78 is 8.20. The minimum Gasteiger partial charge on any atom is -0.496 e. The van der Waals surface area contributed by atoms with E-state index >= 15 is 0 Å². The maximum absolute atomic E-state index is 12.7. The van der Waals surface area contributed by atoms with Gasteiger partial charge in [0.05, 0.1) is 11.6 Å². The molecule has 0 aliphatic carbocycles. The number of hydrogen-bond donors (Lipinski definition) is 0. The first-order chi connectivity index (χ1) is 12.5. The molecule has 2 aromatic heterocycles. The molecule has 7 heteroatoms. The van der Waals surface area contributed by atoms with Crippen LogP contribution in [0.1, 0.15) is 11.1 Å². The van der Waals surface area contributed by atoms with Gasteiger partial charge in [0.25, 0.3) is 5.56 Å². The van der Waals surface area contributed by atoms with Gasteiger partial charge in [0.15, 0.2) is 5.82 Å². The lowest BCUT2D eigenvalue weighted by molar-refractivity contribution is 0.414. The summed E-state index contributed by atoms with van der Waals surface area (Å²) >= 11 is 4.76. The summed E-state index contributed by atoms with van der Waals surface area (Å²) in [5.74, 6) is 1.26. The predicted molar refractivity (Wildman–Crippen MR) is 107 cm³/mol. The van der Waals surface area contributed by atoms with E-state index in [1.807, 2.05) is 49.4 Å². The molecule has 2 aromatic carbocycles. The summed E-state index contributed by atoms with van der Waals surface area (Å²) in [6.45, 7) is 2.02. The standard InChI is InChI=1S/C19H14BrN3O2S/c1-11-3-5-12(6-4-11)17-21-19-23(22-17)18(24)16(26-19)10-13-9-14(20)7-8-15(13)25-2/h3-10H,1-2H3. The molecule has 0 atom stereocenters. The van der Waals surface area contributed by atoms with Crippen LogP contribution < -0.4 is 14.8 Å². The average Bonchev–Trinajstić information content (AvgIpc) is 3.16. The Morgan fingerprint density at radius 2 is 1.96 bits per heavy atom. The summed E-state index contributed by atoms with van der Waals surface area (Å²) in [5.41, 5.74) is 2.70. The van der Waals surface area contributed by atoms with Gasteiger partial charge in [-0.25, -0.2) is 0 Å². The van der Waals surface area contributed by atoms with Crippen molar-refractivity contribution in [2.75, 3.05) is 7.11 Å². The highest BCUT2D eigenvalue weighted by Gasteiger charge is 2.12. The lowest BCUT2D eigenvalue weighted by atomic mass is 10.1. The number of hydrogen-bond acceptors (Lipinski definition) is 5. The van der Waals surface area contributed by atoms with Crippen LogP contribution in [-0.4, -0.2) is 21.7 Å². The molecule has 0 radical (unpaired) electrons. The van der Waals surface area contributed by atoms with E-state index < -0.39 is 0 Å². The van der Waals surface area contributed by atoms with Crippen molar-refractivity contribution in [2.24, 2.45) is 0 Å². The molecule has 0 saturated heterocycles. The second kappa shape index (κ2) is 6.66. The maximum Gasteiger partial charge on any atom is 0.291 e. The van der Waals surface area contributed by atoms with Crippen molar-refractivity contribution >= 4 is 38.3 Å². The molecule has 130 valence electrons. The van der Waals surface area contributed by atoms with E-state index in [9.17, 15) is 4.79 Å². The van der Waals surface area contributed by atoms with E-state index in [0.717, 1.165) is 15.6 Å². The van der Waals surface area contributed by atoms with Gasteiger partial charge < -0.3 is 4.74 Å². The van der Waals surface area contributed by atoms with Crippen molar-refractivity contribution in [1.82, 2.24) is 14.6 Å². The van der Waals surface area contributed by atoms with Crippen molar-refractivity contribution in [2.45, 2.75) is 6.92 Å². The highest BCUT2D eigenvalue weighted by molar-refractivity contribution is 9.10. The molecule has 0 saturated carbocycles. The number of thiazole rings is 1. The van der Waals surface area contributed by atoms with Gasteiger partial charge in [-0.05, 0) is 31.2 Å². The molecule has 0 spiro atoms. The Bertz CT molecular complexity index is 1210. The SMILES string of the molecule is COc1ccc(Br)cc1C=c1sc2nc(-c3ccc(C)cc3)nn2c1=O. The topological polar surface area (TPSA) is 56.5 Å². The van der Waals surface area contributed by atoms with E-state index in [2.05, 4.69) is 26.0 Å². The Kier molecular flexibility index (Phi) is 4.34. The van der Waals surface area contributed by atoms with Crippen LogP contribution in [0.4, 0.5) is 0 Å². The van der Waals surface area contributed by atoms with E-state index in [1.54, 1.807) is 13.2 Å². The van der Waals surface area contributed by atoms with E-state index in [-0.39, 0.29) is 5.56 Å². The molecule has 26 heavy (non-hydrogen) atoms. The van der Waals surface area contributed by atoms with Gasteiger partial charge in [0.2, 0.25) is 4.96 Å². The van der Waals surface area contributed by atoms with Gasteiger partial charge in [-0.15, -0.1) is 5.10 Å². The molecule has 2 heterocycles.